The Balaban J connectivity index is 1.36. The second kappa shape index (κ2) is 14.0. The number of aryl methyl sites for hydroxylation is 1. The molecule has 1 saturated heterocycles. The number of amides is 2. The van der Waals surface area contributed by atoms with Crippen LogP contribution in [0.2, 0.25) is 0 Å². The van der Waals surface area contributed by atoms with Crippen molar-refractivity contribution in [1.29, 1.82) is 0 Å². The summed E-state index contributed by atoms with van der Waals surface area (Å²) < 4.78 is 18.2. The first kappa shape index (κ1) is 29.1. The molecule has 0 saturated carbocycles. The standard InChI is InChI=1S/C33H38N4O5/c1-3-5-12-30-35-27-19-18-25(34-32(38)36-31-13-8-9-20-41-31)21-28(27)37(30)22-23-14-16-24(17-15-23)26-10-6-7-11-29(26)42-33(39)40-4-2/h6-7,10-11,14-19,21,31H,3-5,8-9,12-13,20,22H2,1-2H3,(H2,34,36,38). The van der Waals surface area contributed by atoms with Gasteiger partial charge in [0.25, 0.3) is 0 Å². The van der Waals surface area contributed by atoms with Gasteiger partial charge >= 0.3 is 12.2 Å². The van der Waals surface area contributed by atoms with Crippen LogP contribution in [0.3, 0.4) is 0 Å². The maximum atomic E-state index is 12.6. The van der Waals surface area contributed by atoms with Gasteiger partial charge in [0.15, 0.2) is 0 Å². The fourth-order valence-corrected chi connectivity index (χ4v) is 5.12. The molecule has 220 valence electrons. The Hall–Kier alpha value is -4.37. The number of hydrogen-bond acceptors (Lipinski definition) is 6. The molecule has 9 nitrogen and oxygen atoms in total. The molecule has 4 aromatic rings. The Morgan fingerprint density at radius 1 is 1.05 bits per heavy atom. The number of aromatic nitrogens is 2. The zero-order chi connectivity index (χ0) is 29.3. The van der Waals surface area contributed by atoms with Crippen molar-refractivity contribution < 1.29 is 23.8 Å². The van der Waals surface area contributed by atoms with Crippen LogP contribution in [0.5, 0.6) is 5.75 Å². The minimum atomic E-state index is -0.721. The highest BCUT2D eigenvalue weighted by Crippen LogP contribution is 2.31. The molecular formula is C33H38N4O5. The molecule has 2 N–H and O–H groups in total. The highest BCUT2D eigenvalue weighted by molar-refractivity contribution is 5.92. The van der Waals surface area contributed by atoms with Crippen molar-refractivity contribution in [1.82, 2.24) is 14.9 Å². The summed E-state index contributed by atoms with van der Waals surface area (Å²) in [5.74, 6) is 1.46. The number of para-hydroxylation sites is 1. The summed E-state index contributed by atoms with van der Waals surface area (Å²) in [6.07, 6.45) is 4.90. The van der Waals surface area contributed by atoms with E-state index in [-0.39, 0.29) is 18.9 Å². The first-order chi connectivity index (χ1) is 20.5. The van der Waals surface area contributed by atoms with Gasteiger partial charge < -0.3 is 29.4 Å². The first-order valence-corrected chi connectivity index (χ1v) is 14.7. The molecule has 2 heterocycles. The molecule has 5 rings (SSSR count). The van der Waals surface area contributed by atoms with Gasteiger partial charge in [-0.3, -0.25) is 0 Å². The number of unbranched alkanes of at least 4 members (excludes halogenated alkanes) is 1. The van der Waals surface area contributed by atoms with E-state index in [2.05, 4.69) is 34.3 Å². The van der Waals surface area contributed by atoms with Gasteiger partial charge in [0, 0.05) is 30.8 Å². The maximum absolute atomic E-state index is 12.6. The van der Waals surface area contributed by atoms with Crippen molar-refractivity contribution in [2.75, 3.05) is 18.5 Å². The molecule has 9 heteroatoms. The van der Waals surface area contributed by atoms with Gasteiger partial charge in [-0.2, -0.15) is 0 Å². The third-order valence-electron chi connectivity index (χ3n) is 7.26. The smallest absolute Gasteiger partial charge is 0.434 e. The number of carbonyl (C=O) groups excluding carboxylic acids is 2. The molecule has 42 heavy (non-hydrogen) atoms. The lowest BCUT2D eigenvalue weighted by atomic mass is 10.0. The summed E-state index contributed by atoms with van der Waals surface area (Å²) in [5.41, 5.74) is 5.40. The van der Waals surface area contributed by atoms with E-state index in [9.17, 15) is 9.59 Å². The molecule has 1 unspecified atom stereocenters. The van der Waals surface area contributed by atoms with Gasteiger partial charge in [0.1, 0.15) is 17.8 Å². The van der Waals surface area contributed by atoms with Crippen molar-refractivity contribution in [2.45, 2.75) is 65.1 Å². The summed E-state index contributed by atoms with van der Waals surface area (Å²) in [6.45, 7) is 5.46. The molecule has 0 radical (unpaired) electrons. The summed E-state index contributed by atoms with van der Waals surface area (Å²) in [7, 11) is 0. The van der Waals surface area contributed by atoms with E-state index in [1.807, 2.05) is 48.5 Å². The molecule has 3 aromatic carbocycles. The number of hydrogen-bond donors (Lipinski definition) is 2. The lowest BCUT2D eigenvalue weighted by Crippen LogP contribution is -2.41. The number of anilines is 1. The maximum Gasteiger partial charge on any atom is 0.513 e. The van der Waals surface area contributed by atoms with Crippen LogP contribution in [0.1, 0.15) is 57.3 Å². The second-order valence-electron chi connectivity index (χ2n) is 10.4. The second-order valence-corrected chi connectivity index (χ2v) is 10.4. The Kier molecular flexibility index (Phi) is 9.71. The van der Waals surface area contributed by atoms with E-state index in [0.29, 0.717) is 24.6 Å². The van der Waals surface area contributed by atoms with E-state index in [1.54, 1.807) is 13.0 Å². The Morgan fingerprint density at radius 3 is 2.64 bits per heavy atom. The first-order valence-electron chi connectivity index (χ1n) is 14.7. The molecule has 1 fully saturated rings. The third kappa shape index (κ3) is 7.28. The number of nitrogens with zero attached hydrogens (tertiary/aromatic N) is 2. The van der Waals surface area contributed by atoms with Gasteiger partial charge in [-0.25, -0.2) is 14.6 Å². The van der Waals surface area contributed by atoms with Crippen LogP contribution in [-0.2, 0) is 22.4 Å². The average Bonchev–Trinajstić information content (AvgIpc) is 3.33. The van der Waals surface area contributed by atoms with Crippen molar-refractivity contribution in [3.63, 3.8) is 0 Å². The summed E-state index contributed by atoms with van der Waals surface area (Å²) in [4.78, 5) is 29.5. The lowest BCUT2D eigenvalue weighted by molar-refractivity contribution is 0.00342. The van der Waals surface area contributed by atoms with Crippen LogP contribution in [0.4, 0.5) is 15.3 Å². The fraction of sp³-hybridized carbons (Fsp3) is 0.364. The van der Waals surface area contributed by atoms with E-state index in [1.165, 1.54) is 0 Å². The van der Waals surface area contributed by atoms with Crippen LogP contribution >= 0.6 is 0 Å². The quantitative estimate of drug-likeness (QED) is 0.153. The van der Waals surface area contributed by atoms with Crippen molar-refractivity contribution in [3.05, 3.63) is 78.1 Å². The number of fused-ring (bicyclic) bond motifs is 1. The summed E-state index contributed by atoms with van der Waals surface area (Å²) in [5, 5.41) is 5.87. The largest absolute Gasteiger partial charge is 0.513 e. The minimum absolute atomic E-state index is 0.249. The Bertz CT molecular complexity index is 1510. The average molecular weight is 571 g/mol. The van der Waals surface area contributed by atoms with E-state index >= 15 is 0 Å². The molecule has 1 aliphatic heterocycles. The molecule has 0 spiro atoms. The number of nitrogens with one attached hydrogen (secondary N) is 2. The molecular weight excluding hydrogens is 532 g/mol. The van der Waals surface area contributed by atoms with Gasteiger partial charge in [-0.1, -0.05) is 55.8 Å². The zero-order valence-corrected chi connectivity index (χ0v) is 24.2. The molecule has 1 aromatic heterocycles. The lowest BCUT2D eigenvalue weighted by Gasteiger charge is -2.23. The topological polar surface area (TPSA) is 104 Å². The van der Waals surface area contributed by atoms with Crippen molar-refractivity contribution in [3.8, 4) is 16.9 Å². The molecule has 0 aliphatic carbocycles. The van der Waals surface area contributed by atoms with Crippen LogP contribution in [0.25, 0.3) is 22.2 Å². The van der Waals surface area contributed by atoms with Crippen LogP contribution in [0, 0.1) is 0 Å². The number of benzene rings is 3. The van der Waals surface area contributed by atoms with Crippen molar-refractivity contribution >= 4 is 28.9 Å². The van der Waals surface area contributed by atoms with Crippen LogP contribution in [-0.4, -0.2) is 41.2 Å². The highest BCUT2D eigenvalue weighted by Gasteiger charge is 2.17. The predicted octanol–water partition coefficient (Wildman–Crippen LogP) is 7.28. The fourth-order valence-electron chi connectivity index (χ4n) is 5.12. The summed E-state index contributed by atoms with van der Waals surface area (Å²) in [6, 6.07) is 21.2. The van der Waals surface area contributed by atoms with Crippen LogP contribution < -0.4 is 15.4 Å². The SMILES string of the molecule is CCCCc1nc2ccc(NC(=O)NC3CCCCO3)cc2n1Cc1ccc(-c2ccccc2OC(=O)OCC)cc1. The minimum Gasteiger partial charge on any atom is -0.434 e. The van der Waals surface area contributed by atoms with E-state index < -0.39 is 6.16 Å². The monoisotopic (exact) mass is 570 g/mol. The van der Waals surface area contributed by atoms with Crippen LogP contribution in [0.15, 0.2) is 66.7 Å². The molecule has 2 amide bonds. The van der Waals surface area contributed by atoms with E-state index in [4.69, 9.17) is 19.2 Å². The Morgan fingerprint density at radius 2 is 1.88 bits per heavy atom. The number of ether oxygens (including phenoxy) is 3. The van der Waals surface area contributed by atoms with Crippen molar-refractivity contribution in [2.24, 2.45) is 0 Å². The molecule has 1 aliphatic rings. The molecule has 0 bridgehead atoms. The number of imidazole rings is 1. The van der Waals surface area contributed by atoms with Gasteiger partial charge in [0.2, 0.25) is 0 Å². The van der Waals surface area contributed by atoms with Gasteiger partial charge in [-0.05, 0) is 68.0 Å². The normalized spacial score (nSPS) is 14.9. The van der Waals surface area contributed by atoms with Gasteiger partial charge in [0.05, 0.1) is 17.6 Å². The van der Waals surface area contributed by atoms with E-state index in [0.717, 1.165) is 72.1 Å². The highest BCUT2D eigenvalue weighted by atomic mass is 16.7. The summed E-state index contributed by atoms with van der Waals surface area (Å²) >= 11 is 0. The zero-order valence-electron chi connectivity index (χ0n) is 24.2. The number of rotatable bonds is 10. The number of urea groups is 1. The Labute approximate surface area is 246 Å². The number of carbonyl (C=O) groups is 2. The molecule has 1 atom stereocenters. The van der Waals surface area contributed by atoms with Gasteiger partial charge in [-0.15, -0.1) is 0 Å². The predicted molar refractivity (Wildman–Crippen MR) is 163 cm³/mol. The third-order valence-corrected chi connectivity index (χ3v) is 7.26.